The molecule has 0 aliphatic carbocycles. The number of nitrogens with one attached hydrogen (secondary N) is 1. The first kappa shape index (κ1) is 14.5. The summed E-state index contributed by atoms with van der Waals surface area (Å²) in [4.78, 5) is 0. The van der Waals surface area contributed by atoms with E-state index >= 15 is 0 Å². The van der Waals surface area contributed by atoms with Crippen LogP contribution >= 0.6 is 27.3 Å². The lowest BCUT2D eigenvalue weighted by atomic mass is 10.1. The summed E-state index contributed by atoms with van der Waals surface area (Å²) in [7, 11) is 0. The van der Waals surface area contributed by atoms with Gasteiger partial charge in [-0.15, -0.1) is 11.3 Å². The Balaban J connectivity index is 1.69. The van der Waals surface area contributed by atoms with E-state index in [4.69, 9.17) is 0 Å². The van der Waals surface area contributed by atoms with Gasteiger partial charge in [0.15, 0.2) is 0 Å². The molecule has 0 atom stereocenters. The van der Waals surface area contributed by atoms with Crippen molar-refractivity contribution >= 4 is 37.4 Å². The lowest BCUT2D eigenvalue weighted by molar-refractivity contribution is 0.480. The van der Waals surface area contributed by atoms with Gasteiger partial charge in [0.1, 0.15) is 11.6 Å². The van der Waals surface area contributed by atoms with Gasteiger partial charge in [-0.2, -0.15) is 0 Å². The second kappa shape index (κ2) is 6.13. The Morgan fingerprint density at radius 2 is 2.00 bits per heavy atom. The van der Waals surface area contributed by atoms with Crippen molar-refractivity contribution in [3.05, 3.63) is 63.2 Å². The number of thiophene rings is 1. The summed E-state index contributed by atoms with van der Waals surface area (Å²) in [5.41, 5.74) is 2.03. The van der Waals surface area contributed by atoms with E-state index in [1.54, 1.807) is 23.5 Å². The first-order valence-corrected chi connectivity index (χ1v) is 8.14. The SMILES string of the molecule is Oc1cc(CNCc2ccc(F)cc2Br)cc2sccc12. The number of phenols is 1. The van der Waals surface area contributed by atoms with Gasteiger partial charge >= 0.3 is 0 Å². The van der Waals surface area contributed by atoms with Crippen LogP contribution in [0, 0.1) is 5.82 Å². The summed E-state index contributed by atoms with van der Waals surface area (Å²) >= 11 is 4.97. The molecule has 0 bridgehead atoms. The molecule has 1 aromatic heterocycles. The Bertz CT molecular complexity index is 787. The molecule has 3 rings (SSSR count). The highest BCUT2D eigenvalue weighted by atomic mass is 79.9. The molecule has 0 amide bonds. The molecule has 0 saturated carbocycles. The first-order chi connectivity index (χ1) is 10.1. The van der Waals surface area contributed by atoms with Crippen molar-refractivity contribution in [2.45, 2.75) is 13.1 Å². The van der Waals surface area contributed by atoms with Crippen LogP contribution in [0.2, 0.25) is 0 Å². The van der Waals surface area contributed by atoms with Crippen molar-refractivity contribution in [1.29, 1.82) is 0 Å². The molecular weight excluding hydrogens is 353 g/mol. The zero-order chi connectivity index (χ0) is 14.8. The van der Waals surface area contributed by atoms with Gasteiger partial charge in [-0.05, 0) is 46.8 Å². The molecule has 3 aromatic rings. The normalized spacial score (nSPS) is 11.1. The molecule has 1 heterocycles. The van der Waals surface area contributed by atoms with Crippen LogP contribution in [0.5, 0.6) is 5.75 Å². The maximum absolute atomic E-state index is 13.0. The number of fused-ring (bicyclic) bond motifs is 1. The lowest BCUT2D eigenvalue weighted by Crippen LogP contribution is -2.13. The Kier molecular flexibility index (Phi) is 4.24. The highest BCUT2D eigenvalue weighted by Gasteiger charge is 2.05. The summed E-state index contributed by atoms with van der Waals surface area (Å²) in [6, 6.07) is 10.4. The number of halogens is 2. The van der Waals surface area contributed by atoms with Crippen molar-refractivity contribution in [2.24, 2.45) is 0 Å². The third-order valence-corrected chi connectivity index (χ3v) is 4.87. The number of hydrogen-bond donors (Lipinski definition) is 2. The molecule has 0 unspecified atom stereocenters. The van der Waals surface area contributed by atoms with E-state index in [1.165, 1.54) is 12.1 Å². The first-order valence-electron chi connectivity index (χ1n) is 6.47. The van der Waals surface area contributed by atoms with Crippen LogP contribution in [0.3, 0.4) is 0 Å². The molecular formula is C16H13BrFNOS. The smallest absolute Gasteiger partial charge is 0.124 e. The summed E-state index contributed by atoms with van der Waals surface area (Å²) in [6.45, 7) is 1.27. The van der Waals surface area contributed by atoms with E-state index < -0.39 is 0 Å². The Labute approximate surface area is 134 Å². The van der Waals surface area contributed by atoms with E-state index in [-0.39, 0.29) is 5.82 Å². The van der Waals surface area contributed by atoms with Crippen LogP contribution in [0.1, 0.15) is 11.1 Å². The van der Waals surface area contributed by atoms with Crippen molar-refractivity contribution in [2.75, 3.05) is 0 Å². The van der Waals surface area contributed by atoms with Gasteiger partial charge in [0.2, 0.25) is 0 Å². The molecule has 0 radical (unpaired) electrons. The van der Waals surface area contributed by atoms with Crippen LogP contribution < -0.4 is 5.32 Å². The molecule has 21 heavy (non-hydrogen) atoms. The summed E-state index contributed by atoms with van der Waals surface area (Å²) in [5, 5.41) is 16.1. The topological polar surface area (TPSA) is 32.3 Å². The number of benzene rings is 2. The van der Waals surface area contributed by atoms with E-state index in [2.05, 4.69) is 27.3 Å². The van der Waals surface area contributed by atoms with Gasteiger partial charge < -0.3 is 10.4 Å². The van der Waals surface area contributed by atoms with Gasteiger partial charge in [0, 0.05) is 27.6 Å². The van der Waals surface area contributed by atoms with Crippen molar-refractivity contribution < 1.29 is 9.50 Å². The summed E-state index contributed by atoms with van der Waals surface area (Å²) < 4.78 is 14.9. The molecule has 5 heteroatoms. The van der Waals surface area contributed by atoms with E-state index in [1.807, 2.05) is 11.4 Å². The van der Waals surface area contributed by atoms with Gasteiger partial charge in [0.05, 0.1) is 0 Å². The minimum atomic E-state index is -0.251. The third kappa shape index (κ3) is 3.26. The predicted octanol–water partition coefficient (Wildman–Crippen LogP) is 4.80. The minimum Gasteiger partial charge on any atom is -0.507 e. The molecule has 0 fully saturated rings. The Hall–Kier alpha value is -1.43. The van der Waals surface area contributed by atoms with Gasteiger partial charge in [0.25, 0.3) is 0 Å². The third-order valence-electron chi connectivity index (χ3n) is 3.27. The summed E-state index contributed by atoms with van der Waals surface area (Å²) in [5.74, 6) is 0.0622. The Morgan fingerprint density at radius 1 is 1.14 bits per heavy atom. The molecule has 0 aliphatic heterocycles. The van der Waals surface area contributed by atoms with E-state index in [0.29, 0.717) is 18.8 Å². The molecule has 2 aromatic carbocycles. The summed E-state index contributed by atoms with van der Waals surface area (Å²) in [6.07, 6.45) is 0. The highest BCUT2D eigenvalue weighted by molar-refractivity contribution is 9.10. The van der Waals surface area contributed by atoms with Crippen LogP contribution in [0.25, 0.3) is 10.1 Å². The quantitative estimate of drug-likeness (QED) is 0.695. The largest absolute Gasteiger partial charge is 0.507 e. The standard InChI is InChI=1S/C16H13BrFNOS/c17-14-7-12(18)2-1-11(14)9-19-8-10-5-15(20)13-3-4-21-16(13)6-10/h1-7,19-20H,8-9H2. The zero-order valence-electron chi connectivity index (χ0n) is 11.1. The fourth-order valence-electron chi connectivity index (χ4n) is 2.22. The van der Waals surface area contributed by atoms with Crippen LogP contribution in [-0.2, 0) is 13.1 Å². The lowest BCUT2D eigenvalue weighted by Gasteiger charge is -2.08. The van der Waals surface area contributed by atoms with Crippen molar-refractivity contribution in [3.63, 3.8) is 0 Å². The second-order valence-corrected chi connectivity index (χ2v) is 6.59. The molecule has 108 valence electrons. The fourth-order valence-corrected chi connectivity index (χ4v) is 3.58. The van der Waals surface area contributed by atoms with E-state index in [0.717, 1.165) is 25.7 Å². The number of phenolic OH excluding ortho intramolecular Hbond substituents is 1. The molecule has 0 spiro atoms. The predicted molar refractivity (Wildman–Crippen MR) is 88.1 cm³/mol. The molecule has 2 N–H and O–H groups in total. The van der Waals surface area contributed by atoms with Crippen molar-refractivity contribution in [1.82, 2.24) is 5.32 Å². The van der Waals surface area contributed by atoms with E-state index in [9.17, 15) is 9.50 Å². The van der Waals surface area contributed by atoms with Gasteiger partial charge in [-0.25, -0.2) is 4.39 Å². The minimum absolute atomic E-state index is 0.251. The maximum atomic E-state index is 13.0. The second-order valence-electron chi connectivity index (χ2n) is 4.79. The van der Waals surface area contributed by atoms with Gasteiger partial charge in [-0.1, -0.05) is 22.0 Å². The van der Waals surface area contributed by atoms with Crippen LogP contribution in [-0.4, -0.2) is 5.11 Å². The van der Waals surface area contributed by atoms with Gasteiger partial charge in [-0.3, -0.25) is 0 Å². The molecule has 0 saturated heterocycles. The fraction of sp³-hybridized carbons (Fsp3) is 0.125. The zero-order valence-corrected chi connectivity index (χ0v) is 13.5. The molecule has 0 aliphatic rings. The highest BCUT2D eigenvalue weighted by Crippen LogP contribution is 2.30. The van der Waals surface area contributed by atoms with Crippen LogP contribution in [0.4, 0.5) is 4.39 Å². The molecule has 2 nitrogen and oxygen atoms in total. The van der Waals surface area contributed by atoms with Crippen molar-refractivity contribution in [3.8, 4) is 5.75 Å². The van der Waals surface area contributed by atoms with Crippen LogP contribution in [0.15, 0.2) is 46.3 Å². The Morgan fingerprint density at radius 3 is 2.81 bits per heavy atom. The average Bonchev–Trinajstić information content (AvgIpc) is 2.90. The maximum Gasteiger partial charge on any atom is 0.124 e. The average molecular weight is 366 g/mol. The number of hydrogen-bond acceptors (Lipinski definition) is 3. The number of rotatable bonds is 4. The monoisotopic (exact) mass is 365 g/mol. The number of aromatic hydroxyl groups is 1.